The van der Waals surface area contributed by atoms with E-state index in [1.54, 1.807) is 11.1 Å². The summed E-state index contributed by atoms with van der Waals surface area (Å²) in [4.78, 5) is 0. The van der Waals surface area contributed by atoms with E-state index in [9.17, 15) is 0 Å². The third-order valence-corrected chi connectivity index (χ3v) is 11.0. The van der Waals surface area contributed by atoms with Gasteiger partial charge in [-0.05, 0) is 119 Å². The SMILES string of the molecule is CC.COCCCCC1CCC2C3=C(C[C@H](OCCCN)[C@]12C)[C@@]1(C)CCCCC1C[C@H]3OCCCN.NCCCO. The third kappa shape index (κ3) is 9.02. The first kappa shape index (κ1) is 37.6. The number of ether oxygens (including phenoxy) is 3. The van der Waals surface area contributed by atoms with E-state index < -0.39 is 0 Å². The van der Waals surface area contributed by atoms with Gasteiger partial charge in [-0.1, -0.05) is 52.5 Å². The van der Waals surface area contributed by atoms with Gasteiger partial charge >= 0.3 is 0 Å². The Morgan fingerprint density at radius 3 is 2.14 bits per heavy atom. The molecule has 7 N–H and O–H groups in total. The Hall–Kier alpha value is -0.540. The number of hydrogen-bond donors (Lipinski definition) is 4. The van der Waals surface area contributed by atoms with Gasteiger partial charge in [-0.3, -0.25) is 0 Å². The number of aliphatic hydroxyl groups is 1. The highest BCUT2D eigenvalue weighted by Crippen LogP contribution is 2.66. The van der Waals surface area contributed by atoms with Crippen LogP contribution in [0.3, 0.4) is 0 Å². The van der Waals surface area contributed by atoms with E-state index in [1.807, 2.05) is 21.0 Å². The van der Waals surface area contributed by atoms with Crippen molar-refractivity contribution in [2.45, 2.75) is 130 Å². The minimum absolute atomic E-state index is 0.188. The van der Waals surface area contributed by atoms with Crippen molar-refractivity contribution in [1.29, 1.82) is 0 Å². The van der Waals surface area contributed by atoms with Crippen LogP contribution >= 0.6 is 0 Å². The van der Waals surface area contributed by atoms with Crippen molar-refractivity contribution in [2.75, 3.05) is 53.2 Å². The Bertz CT molecular complexity index is 763. The van der Waals surface area contributed by atoms with Gasteiger partial charge in [-0.15, -0.1) is 0 Å². The van der Waals surface area contributed by atoms with E-state index in [0.29, 0.717) is 43.0 Å². The smallest absolute Gasteiger partial charge is 0.0793 e. The number of nitrogens with two attached hydrogens (primary N) is 3. The van der Waals surface area contributed by atoms with Crippen molar-refractivity contribution in [2.24, 2.45) is 45.8 Å². The van der Waals surface area contributed by atoms with E-state index in [2.05, 4.69) is 13.8 Å². The van der Waals surface area contributed by atoms with Gasteiger partial charge in [0.2, 0.25) is 0 Å². The largest absolute Gasteiger partial charge is 0.396 e. The Morgan fingerprint density at radius 1 is 0.833 bits per heavy atom. The standard InChI is InChI=1S/C30H54N2O3.C3H9NO.C2H6/c1-29-14-6-4-11-23(29)20-26(34-18-8-15-31)28-24-13-12-22(10-5-7-17-33-3)30(24,2)27(21-25(28)29)35-19-9-16-32;4-2-1-3-5;1-2/h22-24,26-27H,4-21,31-32H2,1-3H3;5H,1-4H2;1-2H3/t22?,23?,24?,26-,27+,29+,30-;;/m1../s1. The van der Waals surface area contributed by atoms with Gasteiger partial charge in [-0.25, -0.2) is 0 Å². The van der Waals surface area contributed by atoms with Crippen molar-refractivity contribution in [1.82, 2.24) is 0 Å². The van der Waals surface area contributed by atoms with Crippen LogP contribution < -0.4 is 17.2 Å². The molecule has 0 aliphatic heterocycles. The molecule has 4 aliphatic rings. The van der Waals surface area contributed by atoms with Gasteiger partial charge in [0.15, 0.2) is 0 Å². The highest BCUT2D eigenvalue weighted by atomic mass is 16.5. The van der Waals surface area contributed by atoms with Crippen molar-refractivity contribution >= 4 is 0 Å². The predicted molar refractivity (Wildman–Crippen MR) is 175 cm³/mol. The number of unbranched alkanes of at least 4 members (excludes halogenated alkanes) is 1. The van der Waals surface area contributed by atoms with Crippen molar-refractivity contribution in [3.05, 3.63) is 11.1 Å². The molecule has 7 atom stereocenters. The first-order valence-corrected chi connectivity index (χ1v) is 17.6. The van der Waals surface area contributed by atoms with Crippen molar-refractivity contribution < 1.29 is 19.3 Å². The molecule has 7 heteroatoms. The fourth-order valence-electron chi connectivity index (χ4n) is 8.73. The molecule has 0 aromatic carbocycles. The Balaban J connectivity index is 0.000000797. The molecular formula is C35H69N3O4. The second kappa shape index (κ2) is 19.8. The summed E-state index contributed by atoms with van der Waals surface area (Å²) < 4.78 is 18.9. The zero-order chi connectivity index (χ0) is 31.0. The fourth-order valence-corrected chi connectivity index (χ4v) is 8.73. The van der Waals surface area contributed by atoms with Crippen LogP contribution in [0, 0.1) is 28.6 Å². The quantitative estimate of drug-likeness (QED) is 0.136. The average molecular weight is 596 g/mol. The molecule has 42 heavy (non-hydrogen) atoms. The molecule has 0 amide bonds. The van der Waals surface area contributed by atoms with Crippen LogP contribution in [-0.2, 0) is 14.2 Å². The van der Waals surface area contributed by atoms with E-state index in [-0.39, 0.29) is 18.1 Å². The molecule has 0 radical (unpaired) electrons. The summed E-state index contributed by atoms with van der Waals surface area (Å²) in [5.41, 5.74) is 20.7. The normalized spacial score (nSPS) is 33.5. The molecule has 2 saturated carbocycles. The lowest BCUT2D eigenvalue weighted by atomic mass is 9.49. The zero-order valence-corrected chi connectivity index (χ0v) is 28.1. The molecule has 4 aliphatic carbocycles. The summed E-state index contributed by atoms with van der Waals surface area (Å²) in [5.74, 6) is 2.05. The second-order valence-corrected chi connectivity index (χ2v) is 13.3. The lowest BCUT2D eigenvalue weighted by Crippen LogP contribution is -2.54. The lowest BCUT2D eigenvalue weighted by Gasteiger charge is -2.58. The van der Waals surface area contributed by atoms with E-state index >= 15 is 0 Å². The lowest BCUT2D eigenvalue weighted by molar-refractivity contribution is -0.0962. The summed E-state index contributed by atoms with van der Waals surface area (Å²) in [6.45, 7) is 13.9. The minimum atomic E-state index is 0.188. The minimum Gasteiger partial charge on any atom is -0.396 e. The molecule has 0 spiro atoms. The molecule has 0 bridgehead atoms. The molecule has 3 unspecified atom stereocenters. The number of methoxy groups -OCH3 is 1. The molecule has 0 saturated heterocycles. The van der Waals surface area contributed by atoms with Gasteiger partial charge < -0.3 is 36.5 Å². The van der Waals surface area contributed by atoms with Gasteiger partial charge in [0.05, 0.1) is 12.2 Å². The number of fused-ring (bicyclic) bond motifs is 4. The first-order valence-electron chi connectivity index (χ1n) is 17.6. The van der Waals surface area contributed by atoms with Crippen LogP contribution in [-0.4, -0.2) is 70.5 Å². The van der Waals surface area contributed by atoms with Crippen LogP contribution in [0.4, 0.5) is 0 Å². The molecule has 0 heterocycles. The molecule has 4 rings (SSSR count). The molecule has 2 fully saturated rings. The second-order valence-electron chi connectivity index (χ2n) is 13.3. The van der Waals surface area contributed by atoms with E-state index in [0.717, 1.165) is 57.8 Å². The molecule has 248 valence electrons. The van der Waals surface area contributed by atoms with Crippen LogP contribution in [0.5, 0.6) is 0 Å². The van der Waals surface area contributed by atoms with Gasteiger partial charge in [0, 0.05) is 39.0 Å². The predicted octanol–water partition coefficient (Wildman–Crippen LogP) is 5.96. The summed E-state index contributed by atoms with van der Waals surface area (Å²) in [6, 6.07) is 0. The van der Waals surface area contributed by atoms with Crippen LogP contribution in [0.25, 0.3) is 0 Å². The van der Waals surface area contributed by atoms with E-state index in [1.165, 1.54) is 57.8 Å². The van der Waals surface area contributed by atoms with Crippen molar-refractivity contribution in [3.63, 3.8) is 0 Å². The number of hydrogen-bond acceptors (Lipinski definition) is 7. The summed E-state index contributed by atoms with van der Waals surface area (Å²) in [7, 11) is 1.82. The van der Waals surface area contributed by atoms with Crippen LogP contribution in [0.2, 0.25) is 0 Å². The summed E-state index contributed by atoms with van der Waals surface area (Å²) in [6.07, 6.45) is 17.3. The third-order valence-electron chi connectivity index (χ3n) is 11.0. The van der Waals surface area contributed by atoms with Crippen LogP contribution in [0.15, 0.2) is 11.1 Å². The summed E-state index contributed by atoms with van der Waals surface area (Å²) in [5, 5.41) is 7.99. The van der Waals surface area contributed by atoms with Crippen LogP contribution in [0.1, 0.15) is 118 Å². The molecule has 7 nitrogen and oxygen atoms in total. The van der Waals surface area contributed by atoms with Crippen molar-refractivity contribution in [3.8, 4) is 0 Å². The fraction of sp³-hybridized carbons (Fsp3) is 0.943. The monoisotopic (exact) mass is 596 g/mol. The highest BCUT2D eigenvalue weighted by Gasteiger charge is 2.60. The maximum Gasteiger partial charge on any atom is 0.0793 e. The molecule has 0 aromatic rings. The summed E-state index contributed by atoms with van der Waals surface area (Å²) >= 11 is 0. The Morgan fingerprint density at radius 2 is 1.52 bits per heavy atom. The Kier molecular flexibility index (Phi) is 17.7. The maximum absolute atomic E-state index is 7.99. The number of rotatable bonds is 15. The molecular weight excluding hydrogens is 526 g/mol. The maximum atomic E-state index is 7.99. The van der Waals surface area contributed by atoms with Gasteiger partial charge in [-0.2, -0.15) is 0 Å². The van der Waals surface area contributed by atoms with Gasteiger partial charge in [0.25, 0.3) is 0 Å². The number of aliphatic hydroxyl groups excluding tert-OH is 1. The zero-order valence-electron chi connectivity index (χ0n) is 28.1. The topological polar surface area (TPSA) is 126 Å². The van der Waals surface area contributed by atoms with Gasteiger partial charge in [0.1, 0.15) is 0 Å². The van der Waals surface area contributed by atoms with E-state index in [4.69, 9.17) is 36.5 Å². The molecule has 0 aromatic heterocycles. The first-order chi connectivity index (χ1) is 20.4. The Labute approximate surface area is 259 Å². The highest BCUT2D eigenvalue weighted by molar-refractivity contribution is 5.38. The average Bonchev–Trinajstić information content (AvgIpc) is 3.34.